The lowest BCUT2D eigenvalue weighted by molar-refractivity contribution is 0.171. The molecule has 4 aromatic rings. The van der Waals surface area contributed by atoms with E-state index in [0.29, 0.717) is 19.8 Å². The van der Waals surface area contributed by atoms with Crippen molar-refractivity contribution in [2.45, 2.75) is 6.54 Å². The lowest BCUT2D eigenvalue weighted by atomic mass is 10.2. The van der Waals surface area contributed by atoms with E-state index in [2.05, 4.69) is 30.2 Å². The van der Waals surface area contributed by atoms with Gasteiger partial charge in [-0.1, -0.05) is 6.07 Å². The van der Waals surface area contributed by atoms with E-state index >= 15 is 0 Å². The summed E-state index contributed by atoms with van der Waals surface area (Å²) in [5.74, 6) is 3.01. The zero-order chi connectivity index (χ0) is 19.6. The van der Waals surface area contributed by atoms with E-state index in [1.165, 1.54) is 0 Å². The first-order valence-corrected chi connectivity index (χ1v) is 9.40. The van der Waals surface area contributed by atoms with E-state index in [0.717, 1.165) is 45.5 Å². The molecule has 2 N–H and O–H groups in total. The Kier molecular flexibility index (Phi) is 4.36. The molecular weight excluding hydrogens is 368 g/mol. The number of pyridine rings is 2. The molecule has 1 aliphatic heterocycles. The monoisotopic (exact) mass is 388 g/mol. The van der Waals surface area contributed by atoms with E-state index in [9.17, 15) is 0 Å². The molecule has 0 unspecified atom stereocenters. The molecule has 29 heavy (non-hydrogen) atoms. The fourth-order valence-electron chi connectivity index (χ4n) is 3.39. The largest absolute Gasteiger partial charge is 0.486 e. The summed E-state index contributed by atoms with van der Waals surface area (Å²) >= 11 is 0. The second-order valence-corrected chi connectivity index (χ2v) is 6.67. The zero-order valence-electron chi connectivity index (χ0n) is 15.9. The topological polar surface area (TPSA) is 86.1 Å². The molecule has 0 saturated carbocycles. The predicted molar refractivity (Wildman–Crippen MR) is 111 cm³/mol. The van der Waals surface area contributed by atoms with E-state index in [1.54, 1.807) is 12.4 Å². The van der Waals surface area contributed by atoms with Gasteiger partial charge in [0.1, 0.15) is 24.5 Å². The Morgan fingerprint density at radius 3 is 2.79 bits per heavy atom. The van der Waals surface area contributed by atoms with Gasteiger partial charge in [0, 0.05) is 37.3 Å². The van der Waals surface area contributed by atoms with Crippen molar-refractivity contribution in [2.24, 2.45) is 0 Å². The first-order valence-electron chi connectivity index (χ1n) is 9.40. The summed E-state index contributed by atoms with van der Waals surface area (Å²) in [4.78, 5) is 13.4. The van der Waals surface area contributed by atoms with Crippen LogP contribution in [0.3, 0.4) is 0 Å². The SMILES string of the molecule is CNc1nc2cnc(Nc3ccc4c(c3)OCCO4)cc2n1Cc1cccnc1. The number of nitrogens with zero attached hydrogens (tertiary/aromatic N) is 4. The number of nitrogens with one attached hydrogen (secondary N) is 2. The summed E-state index contributed by atoms with van der Waals surface area (Å²) in [6.45, 7) is 1.79. The molecule has 1 aliphatic rings. The fraction of sp³-hybridized carbons (Fsp3) is 0.190. The summed E-state index contributed by atoms with van der Waals surface area (Å²) in [5, 5.41) is 6.51. The van der Waals surface area contributed by atoms with Gasteiger partial charge in [-0.25, -0.2) is 9.97 Å². The molecule has 0 radical (unpaired) electrons. The van der Waals surface area contributed by atoms with Crippen LogP contribution in [0.15, 0.2) is 55.0 Å². The Bertz CT molecular complexity index is 1160. The van der Waals surface area contributed by atoms with Gasteiger partial charge in [0.2, 0.25) is 5.95 Å². The van der Waals surface area contributed by atoms with Crippen LogP contribution in [0.5, 0.6) is 11.5 Å². The van der Waals surface area contributed by atoms with Crippen LogP contribution in [-0.2, 0) is 6.54 Å². The van der Waals surface area contributed by atoms with Crippen molar-refractivity contribution in [2.75, 3.05) is 30.9 Å². The van der Waals surface area contributed by atoms with Gasteiger partial charge in [-0.3, -0.25) is 4.98 Å². The molecular formula is C21H20N6O2. The van der Waals surface area contributed by atoms with E-state index in [4.69, 9.17) is 9.47 Å². The van der Waals surface area contributed by atoms with Crippen molar-refractivity contribution < 1.29 is 9.47 Å². The van der Waals surface area contributed by atoms with Crippen molar-refractivity contribution in [1.29, 1.82) is 0 Å². The number of ether oxygens (including phenoxy) is 2. The van der Waals surface area contributed by atoms with Crippen molar-refractivity contribution in [1.82, 2.24) is 19.5 Å². The minimum Gasteiger partial charge on any atom is -0.486 e. The Morgan fingerprint density at radius 1 is 1.07 bits per heavy atom. The van der Waals surface area contributed by atoms with Crippen LogP contribution in [0.4, 0.5) is 17.5 Å². The normalized spacial score (nSPS) is 12.7. The Hall–Kier alpha value is -3.81. The number of fused-ring (bicyclic) bond motifs is 2. The summed E-state index contributed by atoms with van der Waals surface area (Å²) < 4.78 is 13.4. The Balaban J connectivity index is 1.48. The number of rotatable bonds is 5. The first-order chi connectivity index (χ1) is 14.3. The van der Waals surface area contributed by atoms with Crippen LogP contribution in [0.2, 0.25) is 0 Å². The fourth-order valence-corrected chi connectivity index (χ4v) is 3.39. The number of aromatic nitrogens is 4. The molecule has 4 heterocycles. The van der Waals surface area contributed by atoms with Gasteiger partial charge >= 0.3 is 0 Å². The van der Waals surface area contributed by atoms with Gasteiger partial charge in [0.05, 0.1) is 18.3 Å². The third kappa shape index (κ3) is 3.40. The number of hydrogen-bond acceptors (Lipinski definition) is 7. The van der Waals surface area contributed by atoms with Gasteiger partial charge in [-0.15, -0.1) is 0 Å². The van der Waals surface area contributed by atoms with Crippen LogP contribution in [0.25, 0.3) is 11.0 Å². The zero-order valence-corrected chi connectivity index (χ0v) is 15.9. The van der Waals surface area contributed by atoms with Crippen LogP contribution < -0.4 is 20.1 Å². The van der Waals surface area contributed by atoms with E-state index in [1.807, 2.05) is 49.6 Å². The average Bonchev–Trinajstić information content (AvgIpc) is 3.11. The Morgan fingerprint density at radius 2 is 1.97 bits per heavy atom. The molecule has 0 atom stereocenters. The molecule has 1 aromatic carbocycles. The maximum absolute atomic E-state index is 5.66. The number of imidazole rings is 1. The molecule has 8 heteroatoms. The van der Waals surface area contributed by atoms with Crippen molar-refractivity contribution in [3.05, 3.63) is 60.6 Å². The maximum atomic E-state index is 5.66. The molecule has 146 valence electrons. The van der Waals surface area contributed by atoms with Gasteiger partial charge < -0.3 is 24.7 Å². The van der Waals surface area contributed by atoms with Crippen molar-refractivity contribution >= 4 is 28.5 Å². The Labute approximate surface area is 167 Å². The van der Waals surface area contributed by atoms with Gasteiger partial charge in [0.15, 0.2) is 11.5 Å². The van der Waals surface area contributed by atoms with E-state index in [-0.39, 0.29) is 0 Å². The second-order valence-electron chi connectivity index (χ2n) is 6.67. The highest BCUT2D eigenvalue weighted by Crippen LogP contribution is 2.33. The van der Waals surface area contributed by atoms with Crippen LogP contribution >= 0.6 is 0 Å². The lowest BCUT2D eigenvalue weighted by Gasteiger charge is -2.19. The third-order valence-electron chi connectivity index (χ3n) is 4.74. The van der Waals surface area contributed by atoms with Crippen molar-refractivity contribution in [3.8, 4) is 11.5 Å². The lowest BCUT2D eigenvalue weighted by Crippen LogP contribution is -2.15. The molecule has 0 fully saturated rings. The van der Waals surface area contributed by atoms with Crippen LogP contribution in [0.1, 0.15) is 5.56 Å². The quantitative estimate of drug-likeness (QED) is 0.542. The third-order valence-corrected chi connectivity index (χ3v) is 4.74. The summed E-state index contributed by atoms with van der Waals surface area (Å²) in [6, 6.07) is 11.8. The van der Waals surface area contributed by atoms with Crippen molar-refractivity contribution in [3.63, 3.8) is 0 Å². The number of benzene rings is 1. The molecule has 0 aliphatic carbocycles. The van der Waals surface area contributed by atoms with Gasteiger partial charge in [-0.2, -0.15) is 0 Å². The minimum absolute atomic E-state index is 0.557. The smallest absolute Gasteiger partial charge is 0.203 e. The maximum Gasteiger partial charge on any atom is 0.203 e. The molecule has 0 spiro atoms. The van der Waals surface area contributed by atoms with Gasteiger partial charge in [-0.05, 0) is 23.8 Å². The second kappa shape index (κ2) is 7.31. The molecule has 0 saturated heterocycles. The van der Waals surface area contributed by atoms with E-state index < -0.39 is 0 Å². The summed E-state index contributed by atoms with van der Waals surface area (Å²) in [7, 11) is 1.86. The summed E-state index contributed by atoms with van der Waals surface area (Å²) in [6.07, 6.45) is 5.41. The number of anilines is 3. The van der Waals surface area contributed by atoms with Gasteiger partial charge in [0.25, 0.3) is 0 Å². The standard InChI is InChI=1S/C21H20N6O2/c1-22-21-26-16-12-24-20(10-17(16)27(21)13-14-3-2-6-23-11-14)25-15-4-5-18-19(9-15)29-8-7-28-18/h2-6,9-12H,7-8,13H2,1H3,(H,22,26)(H,24,25). The highest BCUT2D eigenvalue weighted by atomic mass is 16.6. The summed E-state index contributed by atoms with van der Waals surface area (Å²) in [5.41, 5.74) is 3.79. The molecule has 5 rings (SSSR count). The number of hydrogen-bond donors (Lipinski definition) is 2. The first kappa shape index (κ1) is 17.3. The molecule has 0 amide bonds. The molecule has 0 bridgehead atoms. The van der Waals surface area contributed by atoms with Crippen LogP contribution in [0, 0.1) is 0 Å². The minimum atomic E-state index is 0.557. The average molecular weight is 388 g/mol. The predicted octanol–water partition coefficient (Wildman–Crippen LogP) is 3.43. The molecule has 8 nitrogen and oxygen atoms in total. The van der Waals surface area contributed by atoms with Crippen LogP contribution in [-0.4, -0.2) is 39.8 Å². The highest BCUT2D eigenvalue weighted by Gasteiger charge is 2.14. The molecule has 3 aromatic heterocycles. The highest BCUT2D eigenvalue weighted by molar-refractivity contribution is 5.81.